The molecule has 7 heteroatoms. The van der Waals surface area contributed by atoms with Crippen molar-refractivity contribution in [2.24, 2.45) is 4.99 Å². The van der Waals surface area contributed by atoms with E-state index in [-0.39, 0.29) is 0 Å². The zero-order valence-electron chi connectivity index (χ0n) is 16.4. The highest BCUT2D eigenvalue weighted by atomic mass is 32.1. The fourth-order valence-electron chi connectivity index (χ4n) is 3.06. The summed E-state index contributed by atoms with van der Waals surface area (Å²) in [5, 5.41) is 7.87. The number of guanidine groups is 1. The molecule has 1 aromatic carbocycles. The fraction of sp³-hybridized carbons (Fsp3) is 0.500. The number of hydrogen-bond donors (Lipinski definition) is 2. The van der Waals surface area contributed by atoms with E-state index in [9.17, 15) is 0 Å². The Morgan fingerprint density at radius 3 is 2.52 bits per heavy atom. The Labute approximate surface area is 165 Å². The molecule has 3 rings (SSSR count). The molecule has 2 N–H and O–H groups in total. The number of hydrogen-bond acceptors (Lipinski definition) is 5. The topological polar surface area (TPSA) is 61.8 Å². The average Bonchev–Trinajstić information content (AvgIpc) is 3.01. The van der Waals surface area contributed by atoms with Crippen LogP contribution in [0.25, 0.3) is 0 Å². The Bertz CT molecular complexity index is 748. The second-order valence-electron chi connectivity index (χ2n) is 6.69. The summed E-state index contributed by atoms with van der Waals surface area (Å²) < 4.78 is 5.45. The Kier molecular flexibility index (Phi) is 7.20. The lowest BCUT2D eigenvalue weighted by Crippen LogP contribution is -2.37. The first-order chi connectivity index (χ1) is 13.2. The van der Waals surface area contributed by atoms with Gasteiger partial charge in [-0.3, -0.25) is 9.89 Å². The lowest BCUT2D eigenvalue weighted by atomic mass is 10.1. The molecule has 27 heavy (non-hydrogen) atoms. The van der Waals surface area contributed by atoms with Crippen LogP contribution in [-0.2, 0) is 24.4 Å². The van der Waals surface area contributed by atoms with Gasteiger partial charge in [0.1, 0.15) is 5.01 Å². The summed E-state index contributed by atoms with van der Waals surface area (Å²) in [4.78, 5) is 12.6. The first-order valence-electron chi connectivity index (χ1n) is 9.40. The molecule has 0 aliphatic carbocycles. The highest BCUT2D eigenvalue weighted by molar-refractivity contribution is 7.11. The molecular formula is C20H29N5OS. The maximum Gasteiger partial charge on any atom is 0.191 e. The third kappa shape index (κ3) is 5.76. The summed E-state index contributed by atoms with van der Waals surface area (Å²) in [6, 6.07) is 8.60. The van der Waals surface area contributed by atoms with Crippen LogP contribution < -0.4 is 10.6 Å². The van der Waals surface area contributed by atoms with Gasteiger partial charge < -0.3 is 15.4 Å². The van der Waals surface area contributed by atoms with Crippen molar-refractivity contribution in [1.29, 1.82) is 0 Å². The monoisotopic (exact) mass is 387 g/mol. The Morgan fingerprint density at radius 2 is 1.85 bits per heavy atom. The van der Waals surface area contributed by atoms with Gasteiger partial charge in [0.2, 0.25) is 0 Å². The van der Waals surface area contributed by atoms with E-state index >= 15 is 0 Å². The van der Waals surface area contributed by atoms with Crippen molar-refractivity contribution in [2.45, 2.75) is 33.5 Å². The second kappa shape index (κ2) is 9.82. The van der Waals surface area contributed by atoms with Gasteiger partial charge >= 0.3 is 0 Å². The number of rotatable bonds is 6. The molecule has 2 heterocycles. The van der Waals surface area contributed by atoms with Crippen LogP contribution in [0.4, 0.5) is 0 Å². The quantitative estimate of drug-likeness (QED) is 0.589. The van der Waals surface area contributed by atoms with Crippen LogP contribution >= 0.6 is 11.3 Å². The van der Waals surface area contributed by atoms with Crippen LogP contribution in [0, 0.1) is 13.8 Å². The molecular weight excluding hydrogens is 358 g/mol. The summed E-state index contributed by atoms with van der Waals surface area (Å²) in [7, 11) is 1.80. The van der Waals surface area contributed by atoms with Crippen molar-refractivity contribution in [2.75, 3.05) is 33.4 Å². The van der Waals surface area contributed by atoms with Gasteiger partial charge in [0.15, 0.2) is 5.96 Å². The predicted molar refractivity (Wildman–Crippen MR) is 111 cm³/mol. The number of thiazole rings is 1. The van der Waals surface area contributed by atoms with Gasteiger partial charge in [-0.2, -0.15) is 0 Å². The van der Waals surface area contributed by atoms with Crippen LogP contribution in [0.1, 0.15) is 26.7 Å². The molecule has 0 radical (unpaired) electrons. The van der Waals surface area contributed by atoms with Crippen molar-refractivity contribution in [3.63, 3.8) is 0 Å². The second-order valence-corrected chi connectivity index (χ2v) is 7.97. The summed E-state index contributed by atoms with van der Waals surface area (Å²) in [5.41, 5.74) is 3.76. The molecule has 1 aliphatic rings. The number of nitrogens with zero attached hydrogens (tertiary/aromatic N) is 3. The molecule has 0 unspecified atom stereocenters. The number of morpholine rings is 1. The number of aryl methyl sites for hydroxylation is 2. The van der Waals surface area contributed by atoms with Crippen molar-refractivity contribution >= 4 is 17.3 Å². The van der Waals surface area contributed by atoms with E-state index in [1.54, 1.807) is 18.4 Å². The van der Waals surface area contributed by atoms with E-state index in [4.69, 9.17) is 4.74 Å². The molecule has 0 bridgehead atoms. The lowest BCUT2D eigenvalue weighted by molar-refractivity contribution is 0.0341. The van der Waals surface area contributed by atoms with Crippen LogP contribution in [0.5, 0.6) is 0 Å². The zero-order valence-corrected chi connectivity index (χ0v) is 17.2. The van der Waals surface area contributed by atoms with E-state index < -0.39 is 0 Å². The number of ether oxygens (including phenoxy) is 1. The number of benzene rings is 1. The molecule has 1 fully saturated rings. The molecule has 0 saturated carbocycles. The van der Waals surface area contributed by atoms with E-state index in [0.29, 0.717) is 6.54 Å². The maximum atomic E-state index is 5.45. The minimum Gasteiger partial charge on any atom is -0.379 e. The molecule has 2 aromatic rings. The van der Waals surface area contributed by atoms with Crippen LogP contribution in [0.2, 0.25) is 0 Å². The van der Waals surface area contributed by atoms with Gasteiger partial charge in [-0.15, -0.1) is 11.3 Å². The van der Waals surface area contributed by atoms with E-state index in [2.05, 4.69) is 56.7 Å². The number of nitrogens with one attached hydrogen (secondary N) is 2. The van der Waals surface area contributed by atoms with Crippen molar-refractivity contribution in [1.82, 2.24) is 20.5 Å². The first kappa shape index (κ1) is 19.8. The molecule has 0 amide bonds. The average molecular weight is 388 g/mol. The van der Waals surface area contributed by atoms with E-state index in [1.807, 2.05) is 6.92 Å². The molecule has 1 aromatic heterocycles. The summed E-state index contributed by atoms with van der Waals surface area (Å²) >= 11 is 1.73. The molecule has 0 atom stereocenters. The van der Waals surface area contributed by atoms with E-state index in [0.717, 1.165) is 56.1 Å². The first-order valence-corrected chi connectivity index (χ1v) is 10.2. The summed E-state index contributed by atoms with van der Waals surface area (Å²) in [6.45, 7) is 10.2. The van der Waals surface area contributed by atoms with Gasteiger partial charge in [0.05, 0.1) is 25.5 Å². The van der Waals surface area contributed by atoms with Crippen molar-refractivity contribution < 1.29 is 4.74 Å². The lowest BCUT2D eigenvalue weighted by Gasteiger charge is -2.27. The van der Waals surface area contributed by atoms with Crippen LogP contribution in [0.15, 0.2) is 29.3 Å². The van der Waals surface area contributed by atoms with Crippen LogP contribution in [-0.4, -0.2) is 49.2 Å². The maximum absolute atomic E-state index is 5.45. The SMILES string of the molecule is CN=C(NCc1nc(C)c(C)s1)NCc1ccccc1CN1CCOCC1. The Hall–Kier alpha value is -1.96. The molecule has 1 aliphatic heterocycles. The minimum absolute atomic E-state index is 0.689. The standard InChI is InChI=1S/C20H29N5OS/c1-15-16(2)27-19(24-15)13-23-20(21-3)22-12-17-6-4-5-7-18(17)14-25-8-10-26-11-9-25/h4-7H,8-14H2,1-3H3,(H2,21,22,23). The fourth-order valence-corrected chi connectivity index (χ4v) is 3.93. The van der Waals surface area contributed by atoms with Gasteiger partial charge in [0.25, 0.3) is 0 Å². The van der Waals surface area contributed by atoms with Gasteiger partial charge in [-0.1, -0.05) is 24.3 Å². The van der Waals surface area contributed by atoms with Crippen LogP contribution in [0.3, 0.4) is 0 Å². The Balaban J connectivity index is 1.54. The molecule has 6 nitrogen and oxygen atoms in total. The molecule has 1 saturated heterocycles. The largest absolute Gasteiger partial charge is 0.379 e. The smallest absolute Gasteiger partial charge is 0.191 e. The van der Waals surface area contributed by atoms with Gasteiger partial charge in [-0.05, 0) is 25.0 Å². The highest BCUT2D eigenvalue weighted by Gasteiger charge is 2.13. The normalized spacial score (nSPS) is 15.7. The van der Waals surface area contributed by atoms with Crippen molar-refractivity contribution in [3.05, 3.63) is 51.0 Å². The number of aromatic nitrogens is 1. The predicted octanol–water partition coefficient (Wildman–Crippen LogP) is 2.46. The molecule has 146 valence electrons. The number of aliphatic imine (C=N–C) groups is 1. The Morgan fingerprint density at radius 1 is 1.15 bits per heavy atom. The van der Waals surface area contributed by atoms with Gasteiger partial charge in [-0.25, -0.2) is 4.98 Å². The molecule has 0 spiro atoms. The minimum atomic E-state index is 0.689. The third-order valence-corrected chi connectivity index (χ3v) is 5.84. The third-order valence-electron chi connectivity index (χ3n) is 4.77. The van der Waals surface area contributed by atoms with Crippen molar-refractivity contribution in [3.8, 4) is 0 Å². The summed E-state index contributed by atoms with van der Waals surface area (Å²) in [5.74, 6) is 0.793. The van der Waals surface area contributed by atoms with Gasteiger partial charge in [0, 0.05) is 38.1 Å². The zero-order chi connectivity index (χ0) is 19.1. The van der Waals surface area contributed by atoms with E-state index in [1.165, 1.54) is 16.0 Å². The summed E-state index contributed by atoms with van der Waals surface area (Å²) in [6.07, 6.45) is 0. The highest BCUT2D eigenvalue weighted by Crippen LogP contribution is 2.16.